The van der Waals surface area contributed by atoms with E-state index in [4.69, 9.17) is 0 Å². The Morgan fingerprint density at radius 1 is 0.911 bits per heavy atom. The normalized spacial score (nSPS) is 12.7. The Labute approximate surface area is 264 Å². The molecule has 238 valence electrons. The predicted octanol–water partition coefficient (Wildman–Crippen LogP) is 6.32. The zero-order valence-electron chi connectivity index (χ0n) is 26.1. The first-order chi connectivity index (χ1) is 21.6. The van der Waals surface area contributed by atoms with Gasteiger partial charge in [0.2, 0.25) is 0 Å². The molecule has 2 atom stereocenters. The summed E-state index contributed by atoms with van der Waals surface area (Å²) in [4.78, 5) is 25.2. The highest BCUT2D eigenvalue weighted by molar-refractivity contribution is 6.12. The highest BCUT2D eigenvalue weighted by Gasteiger charge is 2.31. The van der Waals surface area contributed by atoms with E-state index in [0.29, 0.717) is 28.1 Å². The van der Waals surface area contributed by atoms with Crippen LogP contribution < -0.4 is 10.4 Å². The van der Waals surface area contributed by atoms with Crippen LogP contribution in [0.15, 0.2) is 78.9 Å². The first kappa shape index (κ1) is 33.6. The fourth-order valence-corrected chi connectivity index (χ4v) is 5.81. The number of halogens is 1. The number of anilines is 1. The summed E-state index contributed by atoms with van der Waals surface area (Å²) in [5, 5.41) is 34.9. The maximum absolute atomic E-state index is 14.3. The maximum Gasteiger partial charge on any atom is 0.258 e. The Morgan fingerprint density at radius 3 is 2.18 bits per heavy atom. The van der Waals surface area contributed by atoms with Gasteiger partial charge in [-0.3, -0.25) is 4.79 Å². The average molecular weight is 614 g/mol. The van der Waals surface area contributed by atoms with E-state index in [1.807, 2.05) is 73.0 Å². The second-order valence-electron chi connectivity index (χ2n) is 11.8. The number of hydrogen-bond acceptors (Lipinski definition) is 5. The number of aryl methyl sites for hydroxylation is 1. The van der Waals surface area contributed by atoms with E-state index in [1.54, 1.807) is 12.1 Å². The Morgan fingerprint density at radius 2 is 1.58 bits per heavy atom. The van der Waals surface area contributed by atoms with E-state index in [2.05, 4.69) is 12.2 Å². The summed E-state index contributed by atoms with van der Waals surface area (Å²) in [5.74, 6) is -2.19. The number of carboxylic acids is 1. The molecule has 0 spiro atoms. The van der Waals surface area contributed by atoms with Gasteiger partial charge in [-0.25, -0.2) is 4.39 Å². The lowest BCUT2D eigenvalue weighted by atomic mass is 9.94. The molecule has 3 aromatic carbocycles. The summed E-state index contributed by atoms with van der Waals surface area (Å²) < 4.78 is 16.1. The molecule has 0 saturated carbocycles. The van der Waals surface area contributed by atoms with Crippen molar-refractivity contribution in [2.75, 3.05) is 5.32 Å². The molecule has 3 N–H and O–H groups in total. The third kappa shape index (κ3) is 8.68. The molecule has 45 heavy (non-hydrogen) atoms. The van der Waals surface area contributed by atoms with Crippen LogP contribution >= 0.6 is 0 Å². The van der Waals surface area contributed by atoms with Crippen LogP contribution in [0.3, 0.4) is 0 Å². The fraction of sp³-hybridized carbons (Fsp3) is 0.351. The molecular formula is C37H42FN2O5-. The topological polar surface area (TPSA) is 115 Å². The lowest BCUT2D eigenvalue weighted by Crippen LogP contribution is -2.29. The van der Waals surface area contributed by atoms with E-state index in [9.17, 15) is 29.3 Å². The number of aliphatic carboxylic acids is 1. The van der Waals surface area contributed by atoms with Gasteiger partial charge in [-0.15, -0.1) is 0 Å². The lowest BCUT2D eigenvalue weighted by molar-refractivity contribution is -0.307. The first-order valence-corrected chi connectivity index (χ1v) is 15.6. The minimum Gasteiger partial charge on any atom is -0.550 e. The third-order valence-corrected chi connectivity index (χ3v) is 7.92. The Hall–Kier alpha value is -4.27. The van der Waals surface area contributed by atoms with Gasteiger partial charge in [0.25, 0.3) is 5.91 Å². The number of carbonyl (C=O) groups excluding carboxylic acids is 2. The van der Waals surface area contributed by atoms with Crippen LogP contribution in [0.1, 0.15) is 80.4 Å². The van der Waals surface area contributed by atoms with Gasteiger partial charge < -0.3 is 30.0 Å². The molecule has 8 heteroatoms. The van der Waals surface area contributed by atoms with Crippen LogP contribution in [0.2, 0.25) is 0 Å². The number of unbranched alkanes of at least 4 members (excludes halogenated alkanes) is 1. The Kier molecular flexibility index (Phi) is 11.7. The summed E-state index contributed by atoms with van der Waals surface area (Å²) in [5.41, 5.74) is 6.00. The van der Waals surface area contributed by atoms with Gasteiger partial charge in [0.05, 0.1) is 23.5 Å². The first-order valence-electron chi connectivity index (χ1n) is 15.6. The minimum absolute atomic E-state index is 0.125. The predicted molar refractivity (Wildman–Crippen MR) is 173 cm³/mol. The summed E-state index contributed by atoms with van der Waals surface area (Å²) in [6.07, 6.45) is 0.391. The number of hydrogen-bond donors (Lipinski definition) is 3. The average Bonchev–Trinajstić information content (AvgIpc) is 3.35. The number of rotatable bonds is 15. The number of aliphatic hydroxyl groups excluding tert-OH is 2. The van der Waals surface area contributed by atoms with Crippen molar-refractivity contribution in [3.63, 3.8) is 0 Å². The molecule has 1 heterocycles. The maximum atomic E-state index is 14.3. The van der Waals surface area contributed by atoms with Crippen LogP contribution in [0.5, 0.6) is 0 Å². The number of carboxylic acid groups (broad SMARTS) is 1. The number of carbonyl (C=O) groups is 2. The van der Waals surface area contributed by atoms with Crippen LogP contribution in [0.4, 0.5) is 10.1 Å². The second kappa shape index (κ2) is 15.6. The van der Waals surface area contributed by atoms with Crippen molar-refractivity contribution in [1.29, 1.82) is 0 Å². The van der Waals surface area contributed by atoms with Crippen molar-refractivity contribution < 1.29 is 29.3 Å². The number of nitrogens with one attached hydrogen (secondary N) is 1. The van der Waals surface area contributed by atoms with Crippen molar-refractivity contribution >= 4 is 17.6 Å². The van der Waals surface area contributed by atoms with Crippen LogP contribution in [-0.2, 0) is 17.8 Å². The molecule has 4 aromatic rings. The number of amides is 1. The molecule has 0 aliphatic carbocycles. The van der Waals surface area contributed by atoms with Gasteiger partial charge in [0.1, 0.15) is 5.82 Å². The van der Waals surface area contributed by atoms with Gasteiger partial charge in [-0.05, 0) is 84.7 Å². The molecule has 0 saturated heterocycles. The largest absolute Gasteiger partial charge is 0.550 e. The molecule has 0 unspecified atom stereocenters. The van der Waals surface area contributed by atoms with E-state index in [0.717, 1.165) is 30.5 Å². The molecule has 1 aromatic heterocycles. The number of aromatic nitrogens is 1. The van der Waals surface area contributed by atoms with Gasteiger partial charge in [-0.1, -0.05) is 69.7 Å². The Balaban J connectivity index is 1.84. The van der Waals surface area contributed by atoms with E-state index in [1.165, 1.54) is 17.7 Å². The van der Waals surface area contributed by atoms with E-state index >= 15 is 0 Å². The molecule has 4 rings (SSSR count). The quantitative estimate of drug-likeness (QED) is 0.145. The smallest absolute Gasteiger partial charge is 0.258 e. The highest BCUT2D eigenvalue weighted by atomic mass is 19.1. The van der Waals surface area contributed by atoms with E-state index in [-0.39, 0.29) is 37.0 Å². The van der Waals surface area contributed by atoms with Gasteiger partial charge in [-0.2, -0.15) is 0 Å². The third-order valence-electron chi connectivity index (χ3n) is 7.92. The highest BCUT2D eigenvalue weighted by Crippen LogP contribution is 2.42. The van der Waals surface area contributed by atoms with Crippen molar-refractivity contribution in [2.45, 2.75) is 84.0 Å². The molecule has 1 amide bonds. The number of nitrogens with zero attached hydrogens (tertiary/aromatic N) is 1. The van der Waals surface area contributed by atoms with Crippen molar-refractivity contribution in [3.05, 3.63) is 102 Å². The summed E-state index contributed by atoms with van der Waals surface area (Å²) >= 11 is 0. The zero-order valence-corrected chi connectivity index (χ0v) is 26.1. The molecule has 0 radical (unpaired) electrons. The van der Waals surface area contributed by atoms with Crippen molar-refractivity contribution in [1.82, 2.24) is 4.57 Å². The van der Waals surface area contributed by atoms with Gasteiger partial charge in [0, 0.05) is 35.9 Å². The molecule has 0 bridgehead atoms. The zero-order chi connectivity index (χ0) is 32.5. The van der Waals surface area contributed by atoms with Crippen molar-refractivity contribution in [2.24, 2.45) is 0 Å². The van der Waals surface area contributed by atoms with Crippen LogP contribution in [0.25, 0.3) is 22.4 Å². The SMILES string of the molecule is CCCCc1ccc(NC(=O)c2c(-c3ccccc3)c(-c3ccc(F)cc3)n(CC[C@@H](O)C[C@@H](O)CC(=O)[O-])c2C(C)C)cc1. The molecule has 0 aliphatic heterocycles. The summed E-state index contributed by atoms with van der Waals surface area (Å²) in [6, 6.07) is 23.5. The van der Waals surface area contributed by atoms with E-state index < -0.39 is 24.6 Å². The standard InChI is InChI=1S/C37H43FN2O5/c1-4-5-9-25-12-18-29(19-13-25)39-37(45)34-33(26-10-7-6-8-11-26)36(27-14-16-28(38)17-15-27)40(35(34)24(2)3)21-20-30(41)22-31(42)23-32(43)44/h6-8,10-19,24,30-31,41-42H,4-5,9,20-23H2,1-3H3,(H,39,45)(H,43,44)/p-1/t30-,31-/m1/s1. The lowest BCUT2D eigenvalue weighted by Gasteiger charge is -2.20. The fourth-order valence-electron chi connectivity index (χ4n) is 5.81. The summed E-state index contributed by atoms with van der Waals surface area (Å²) in [6.45, 7) is 6.40. The molecule has 7 nitrogen and oxygen atoms in total. The van der Waals surface area contributed by atoms with Gasteiger partial charge in [0.15, 0.2) is 0 Å². The number of aliphatic hydroxyl groups is 2. The van der Waals surface area contributed by atoms with Crippen LogP contribution in [0, 0.1) is 5.82 Å². The molecule has 0 aliphatic rings. The van der Waals surface area contributed by atoms with Crippen LogP contribution in [-0.4, -0.2) is 38.9 Å². The summed E-state index contributed by atoms with van der Waals surface area (Å²) in [7, 11) is 0. The Bertz CT molecular complexity index is 1560. The molecule has 0 fully saturated rings. The molecular weight excluding hydrogens is 571 g/mol. The number of benzene rings is 3. The van der Waals surface area contributed by atoms with Crippen molar-refractivity contribution in [3.8, 4) is 22.4 Å². The monoisotopic (exact) mass is 613 g/mol. The minimum atomic E-state index is -1.39. The van der Waals surface area contributed by atoms with Gasteiger partial charge >= 0.3 is 0 Å². The second-order valence-corrected chi connectivity index (χ2v) is 11.8.